The van der Waals surface area contributed by atoms with Crippen molar-refractivity contribution in [3.05, 3.63) is 58.9 Å². The Kier molecular flexibility index (Phi) is 5.42. The Labute approximate surface area is 133 Å². The average molecular weight is 298 g/mol. The highest BCUT2D eigenvalue weighted by Gasteiger charge is 2.16. The summed E-state index contributed by atoms with van der Waals surface area (Å²) in [6.07, 6.45) is 1.93. The molecule has 0 aliphatic rings. The van der Waals surface area contributed by atoms with Gasteiger partial charge in [-0.1, -0.05) is 30.3 Å². The molecule has 1 aromatic carbocycles. The summed E-state index contributed by atoms with van der Waals surface area (Å²) < 4.78 is 2.17. The molecule has 0 bridgehead atoms. The van der Waals surface area contributed by atoms with Crippen molar-refractivity contribution in [3.63, 3.8) is 0 Å². The van der Waals surface area contributed by atoms with Crippen LogP contribution in [0.5, 0.6) is 0 Å². The van der Waals surface area contributed by atoms with Gasteiger partial charge in [-0.2, -0.15) is 0 Å². The first-order chi connectivity index (χ1) is 10.5. The zero-order chi connectivity index (χ0) is 16.1. The molecule has 0 radical (unpaired) electrons. The van der Waals surface area contributed by atoms with Crippen LogP contribution in [0.2, 0.25) is 0 Å². The van der Waals surface area contributed by atoms with Gasteiger partial charge in [-0.25, -0.2) is 0 Å². The zero-order valence-corrected chi connectivity index (χ0v) is 14.0. The van der Waals surface area contributed by atoms with Crippen LogP contribution in [0.4, 0.5) is 0 Å². The van der Waals surface area contributed by atoms with E-state index in [1.807, 2.05) is 26.0 Å². The molecule has 0 saturated heterocycles. The van der Waals surface area contributed by atoms with Crippen molar-refractivity contribution in [2.24, 2.45) is 0 Å². The van der Waals surface area contributed by atoms with Gasteiger partial charge in [0.05, 0.1) is 5.56 Å². The monoisotopic (exact) mass is 298 g/mol. The van der Waals surface area contributed by atoms with Crippen LogP contribution in [0.3, 0.4) is 0 Å². The molecule has 3 nitrogen and oxygen atoms in total. The van der Waals surface area contributed by atoms with Gasteiger partial charge in [0.2, 0.25) is 0 Å². The molecule has 0 unspecified atom stereocenters. The number of benzene rings is 1. The lowest BCUT2D eigenvalue weighted by Gasteiger charge is -2.14. The largest absolute Gasteiger partial charge is 0.350 e. The van der Waals surface area contributed by atoms with Crippen LogP contribution in [0.25, 0.3) is 0 Å². The third-order valence-corrected chi connectivity index (χ3v) is 4.22. The highest BCUT2D eigenvalue weighted by atomic mass is 16.1. The Morgan fingerprint density at radius 3 is 2.50 bits per heavy atom. The first-order valence-electron chi connectivity index (χ1n) is 8.04. The minimum atomic E-state index is 0.0355. The van der Waals surface area contributed by atoms with E-state index in [-0.39, 0.29) is 11.9 Å². The van der Waals surface area contributed by atoms with E-state index >= 15 is 0 Å². The van der Waals surface area contributed by atoms with Crippen molar-refractivity contribution in [3.8, 4) is 0 Å². The van der Waals surface area contributed by atoms with Gasteiger partial charge in [0.1, 0.15) is 0 Å². The van der Waals surface area contributed by atoms with Crippen LogP contribution in [0.1, 0.15) is 47.6 Å². The summed E-state index contributed by atoms with van der Waals surface area (Å²) in [6, 6.07) is 12.5. The number of nitrogens with one attached hydrogen (secondary N) is 1. The molecule has 0 fully saturated rings. The van der Waals surface area contributed by atoms with Gasteiger partial charge in [0.15, 0.2) is 0 Å². The van der Waals surface area contributed by atoms with E-state index < -0.39 is 0 Å². The van der Waals surface area contributed by atoms with Gasteiger partial charge in [0, 0.05) is 24.0 Å². The Morgan fingerprint density at radius 2 is 1.91 bits per heavy atom. The summed E-state index contributed by atoms with van der Waals surface area (Å²) in [4.78, 5) is 12.4. The summed E-state index contributed by atoms with van der Waals surface area (Å²) in [5.74, 6) is 0.0355. The van der Waals surface area contributed by atoms with Crippen LogP contribution in [0, 0.1) is 13.8 Å². The highest BCUT2D eigenvalue weighted by Crippen LogP contribution is 2.15. The van der Waals surface area contributed by atoms with Gasteiger partial charge in [0.25, 0.3) is 5.91 Å². The first-order valence-corrected chi connectivity index (χ1v) is 8.04. The third kappa shape index (κ3) is 3.79. The predicted octanol–water partition coefficient (Wildman–Crippen LogP) is 3.88. The van der Waals surface area contributed by atoms with E-state index in [0.717, 1.165) is 36.3 Å². The van der Waals surface area contributed by atoms with E-state index in [0.29, 0.717) is 0 Å². The number of hydrogen-bond donors (Lipinski definition) is 1. The number of aryl methyl sites for hydroxylation is 2. The van der Waals surface area contributed by atoms with Crippen molar-refractivity contribution in [2.45, 2.75) is 53.1 Å². The van der Waals surface area contributed by atoms with E-state index in [2.05, 4.69) is 48.0 Å². The Hall–Kier alpha value is -2.03. The third-order valence-electron chi connectivity index (χ3n) is 4.22. The number of aromatic nitrogens is 1. The maximum absolute atomic E-state index is 12.4. The van der Waals surface area contributed by atoms with Crippen molar-refractivity contribution in [1.82, 2.24) is 9.88 Å². The lowest BCUT2D eigenvalue weighted by Crippen LogP contribution is -2.33. The number of carbonyl (C=O) groups is 1. The molecule has 0 spiro atoms. The number of hydrogen-bond acceptors (Lipinski definition) is 1. The van der Waals surface area contributed by atoms with Crippen molar-refractivity contribution < 1.29 is 4.79 Å². The number of carbonyl (C=O) groups excluding carboxylic acids is 1. The van der Waals surface area contributed by atoms with Crippen LogP contribution in [0.15, 0.2) is 36.4 Å². The van der Waals surface area contributed by atoms with Crippen LogP contribution < -0.4 is 5.32 Å². The molecular formula is C19H26N2O. The normalized spacial score (nSPS) is 12.2. The molecule has 1 atom stereocenters. The molecule has 2 rings (SSSR count). The molecule has 1 aromatic heterocycles. The SMILES string of the molecule is CCn1c(C)cc(C(=O)N[C@H](C)CCc2ccccc2)c1C. The van der Waals surface area contributed by atoms with E-state index in [4.69, 9.17) is 0 Å². The van der Waals surface area contributed by atoms with Crippen LogP contribution >= 0.6 is 0 Å². The molecule has 1 heterocycles. The maximum atomic E-state index is 12.4. The second-order valence-electron chi connectivity index (χ2n) is 5.93. The van der Waals surface area contributed by atoms with Crippen molar-refractivity contribution >= 4 is 5.91 Å². The standard InChI is InChI=1S/C19H26N2O/c1-5-21-15(3)13-18(16(21)4)19(22)20-14(2)11-12-17-9-7-6-8-10-17/h6-10,13-14H,5,11-12H2,1-4H3,(H,20,22)/t14-/m1/s1. The smallest absolute Gasteiger partial charge is 0.253 e. The van der Waals surface area contributed by atoms with Crippen molar-refractivity contribution in [1.29, 1.82) is 0 Å². The van der Waals surface area contributed by atoms with E-state index in [1.54, 1.807) is 0 Å². The molecule has 0 saturated carbocycles. The minimum Gasteiger partial charge on any atom is -0.350 e. The Morgan fingerprint density at radius 1 is 1.23 bits per heavy atom. The summed E-state index contributed by atoms with van der Waals surface area (Å²) in [6.45, 7) is 9.13. The zero-order valence-electron chi connectivity index (χ0n) is 14.0. The second-order valence-corrected chi connectivity index (χ2v) is 5.93. The number of amides is 1. The van der Waals surface area contributed by atoms with Crippen LogP contribution in [-0.2, 0) is 13.0 Å². The van der Waals surface area contributed by atoms with Gasteiger partial charge in [-0.15, -0.1) is 0 Å². The lowest BCUT2D eigenvalue weighted by molar-refractivity contribution is 0.0937. The van der Waals surface area contributed by atoms with Gasteiger partial charge in [-0.3, -0.25) is 4.79 Å². The van der Waals surface area contributed by atoms with Gasteiger partial charge >= 0.3 is 0 Å². The molecule has 0 aliphatic carbocycles. The average Bonchev–Trinajstić information content (AvgIpc) is 2.80. The molecular weight excluding hydrogens is 272 g/mol. The van der Waals surface area contributed by atoms with Crippen LogP contribution in [-0.4, -0.2) is 16.5 Å². The molecule has 3 heteroatoms. The minimum absolute atomic E-state index is 0.0355. The topological polar surface area (TPSA) is 34.0 Å². The molecule has 1 amide bonds. The molecule has 118 valence electrons. The fraction of sp³-hybridized carbons (Fsp3) is 0.421. The number of rotatable bonds is 6. The quantitative estimate of drug-likeness (QED) is 0.863. The lowest BCUT2D eigenvalue weighted by atomic mass is 10.1. The Balaban J connectivity index is 1.94. The fourth-order valence-corrected chi connectivity index (χ4v) is 2.92. The summed E-state index contributed by atoms with van der Waals surface area (Å²) >= 11 is 0. The fourth-order valence-electron chi connectivity index (χ4n) is 2.92. The highest BCUT2D eigenvalue weighted by molar-refractivity contribution is 5.95. The summed E-state index contributed by atoms with van der Waals surface area (Å²) in [5, 5.41) is 3.12. The van der Waals surface area contributed by atoms with Gasteiger partial charge in [-0.05, 0) is 52.2 Å². The summed E-state index contributed by atoms with van der Waals surface area (Å²) in [5.41, 5.74) is 4.30. The molecule has 2 aromatic rings. The van der Waals surface area contributed by atoms with Crippen molar-refractivity contribution in [2.75, 3.05) is 0 Å². The Bertz CT molecular complexity index is 628. The molecule has 0 aliphatic heterocycles. The predicted molar refractivity (Wildman–Crippen MR) is 91.3 cm³/mol. The van der Waals surface area contributed by atoms with Gasteiger partial charge < -0.3 is 9.88 Å². The maximum Gasteiger partial charge on any atom is 0.253 e. The van der Waals surface area contributed by atoms with E-state index in [9.17, 15) is 4.79 Å². The second kappa shape index (κ2) is 7.30. The molecule has 22 heavy (non-hydrogen) atoms. The summed E-state index contributed by atoms with van der Waals surface area (Å²) in [7, 11) is 0. The molecule has 1 N–H and O–H groups in total. The number of nitrogens with zero attached hydrogens (tertiary/aromatic N) is 1. The van der Waals surface area contributed by atoms with E-state index in [1.165, 1.54) is 5.56 Å². The first kappa shape index (κ1) is 16.3.